The van der Waals surface area contributed by atoms with E-state index < -0.39 is 11.8 Å². The Morgan fingerprint density at radius 2 is 1.70 bits per heavy atom. The van der Waals surface area contributed by atoms with Crippen molar-refractivity contribution >= 4 is 28.5 Å². The van der Waals surface area contributed by atoms with Crippen LogP contribution < -0.4 is 16.3 Å². The summed E-state index contributed by atoms with van der Waals surface area (Å²) in [5, 5.41) is 5.39. The van der Waals surface area contributed by atoms with Crippen molar-refractivity contribution in [2.45, 2.75) is 31.2 Å². The molecule has 146 valence electrons. The summed E-state index contributed by atoms with van der Waals surface area (Å²) in [6, 6.07) is 5.13. The van der Waals surface area contributed by atoms with E-state index in [1.165, 1.54) is 9.13 Å². The van der Waals surface area contributed by atoms with E-state index in [9.17, 15) is 14.4 Å². The Morgan fingerprint density at radius 1 is 1.07 bits per heavy atom. The molecule has 8 nitrogen and oxygen atoms in total. The molecule has 1 aliphatic carbocycles. The standard InChI is InChI=1S/C19H27N5O3/c1-22(2)19(9-5-6-10-19)12-20-16(25)17(26)21-13-7-8-14-15(11-13)24(4)18(27)23(14)3/h7-8,11H,5-6,9-10,12H2,1-4H3,(H,20,25)(H,21,26). The smallest absolute Gasteiger partial charge is 0.328 e. The van der Waals surface area contributed by atoms with Crippen molar-refractivity contribution in [1.29, 1.82) is 0 Å². The van der Waals surface area contributed by atoms with Gasteiger partial charge in [-0.05, 0) is 45.1 Å². The van der Waals surface area contributed by atoms with Crippen LogP contribution in [0.2, 0.25) is 0 Å². The van der Waals surface area contributed by atoms with Crippen LogP contribution in [0.25, 0.3) is 11.0 Å². The minimum Gasteiger partial charge on any atom is -0.346 e. The Balaban J connectivity index is 1.68. The minimum atomic E-state index is -0.706. The number of amides is 2. The van der Waals surface area contributed by atoms with Gasteiger partial charge >= 0.3 is 17.5 Å². The summed E-state index contributed by atoms with van der Waals surface area (Å²) in [7, 11) is 7.39. The number of nitrogens with one attached hydrogen (secondary N) is 2. The van der Waals surface area contributed by atoms with Crippen molar-refractivity contribution in [2.24, 2.45) is 14.1 Å². The van der Waals surface area contributed by atoms with E-state index in [2.05, 4.69) is 15.5 Å². The Hall–Kier alpha value is -2.61. The summed E-state index contributed by atoms with van der Waals surface area (Å²) in [5.74, 6) is -1.35. The number of hydrogen-bond acceptors (Lipinski definition) is 4. The predicted molar refractivity (Wildman–Crippen MR) is 105 cm³/mol. The van der Waals surface area contributed by atoms with E-state index in [0.717, 1.165) is 31.2 Å². The molecule has 0 bridgehead atoms. The van der Waals surface area contributed by atoms with Gasteiger partial charge in [0.1, 0.15) is 0 Å². The summed E-state index contributed by atoms with van der Waals surface area (Å²) >= 11 is 0. The third-order valence-electron chi connectivity index (χ3n) is 5.80. The Labute approximate surface area is 158 Å². The largest absolute Gasteiger partial charge is 0.346 e. The van der Waals surface area contributed by atoms with Gasteiger partial charge in [0.15, 0.2) is 0 Å². The van der Waals surface area contributed by atoms with Crippen LogP contribution in [-0.2, 0) is 23.7 Å². The zero-order valence-electron chi connectivity index (χ0n) is 16.3. The van der Waals surface area contributed by atoms with Crippen molar-refractivity contribution in [2.75, 3.05) is 26.0 Å². The van der Waals surface area contributed by atoms with Gasteiger partial charge in [-0.25, -0.2) is 4.79 Å². The maximum absolute atomic E-state index is 12.3. The molecular weight excluding hydrogens is 346 g/mol. The molecule has 1 saturated carbocycles. The fraction of sp³-hybridized carbons (Fsp3) is 0.526. The van der Waals surface area contributed by atoms with Crippen LogP contribution in [-0.4, -0.2) is 52.0 Å². The number of imidazole rings is 1. The van der Waals surface area contributed by atoms with Crippen LogP contribution in [0, 0.1) is 0 Å². The lowest BCUT2D eigenvalue weighted by molar-refractivity contribution is -0.136. The van der Waals surface area contributed by atoms with Crippen LogP contribution in [0.3, 0.4) is 0 Å². The van der Waals surface area contributed by atoms with E-state index in [0.29, 0.717) is 17.7 Å². The first-order chi connectivity index (χ1) is 12.7. The van der Waals surface area contributed by atoms with Gasteiger partial charge in [-0.15, -0.1) is 0 Å². The number of nitrogens with zero attached hydrogens (tertiary/aromatic N) is 3. The molecule has 2 amide bonds. The lowest BCUT2D eigenvalue weighted by Crippen LogP contribution is -2.52. The molecule has 8 heteroatoms. The second-order valence-electron chi connectivity index (χ2n) is 7.57. The molecule has 1 heterocycles. The summed E-state index contributed by atoms with van der Waals surface area (Å²) in [5.41, 5.74) is 1.72. The van der Waals surface area contributed by atoms with Crippen molar-refractivity contribution in [3.05, 3.63) is 28.7 Å². The van der Waals surface area contributed by atoms with Gasteiger partial charge in [-0.2, -0.15) is 0 Å². The molecule has 2 N–H and O–H groups in total. The fourth-order valence-corrected chi connectivity index (χ4v) is 3.91. The summed E-state index contributed by atoms with van der Waals surface area (Å²) in [6.07, 6.45) is 4.30. The number of anilines is 1. The van der Waals surface area contributed by atoms with Gasteiger partial charge in [0, 0.05) is 31.9 Å². The summed E-state index contributed by atoms with van der Waals surface area (Å²) < 4.78 is 3.04. The van der Waals surface area contributed by atoms with Crippen molar-refractivity contribution in [3.63, 3.8) is 0 Å². The average Bonchev–Trinajstić information content (AvgIpc) is 3.21. The summed E-state index contributed by atoms with van der Waals surface area (Å²) in [4.78, 5) is 38.7. The number of likely N-dealkylation sites (N-methyl/N-ethyl adjacent to an activating group) is 1. The molecular formula is C19H27N5O3. The van der Waals surface area contributed by atoms with Gasteiger partial charge in [0.25, 0.3) is 0 Å². The molecule has 1 aromatic heterocycles. The number of benzene rings is 1. The van der Waals surface area contributed by atoms with Crippen LogP contribution in [0.5, 0.6) is 0 Å². The number of hydrogen-bond donors (Lipinski definition) is 2. The lowest BCUT2D eigenvalue weighted by Gasteiger charge is -2.36. The summed E-state index contributed by atoms with van der Waals surface area (Å²) in [6.45, 7) is 0.457. The van der Waals surface area contributed by atoms with Crippen LogP contribution in [0.4, 0.5) is 5.69 Å². The van der Waals surface area contributed by atoms with Gasteiger partial charge < -0.3 is 15.5 Å². The maximum atomic E-state index is 12.3. The fourth-order valence-electron chi connectivity index (χ4n) is 3.91. The van der Waals surface area contributed by atoms with Crippen LogP contribution >= 0.6 is 0 Å². The minimum absolute atomic E-state index is 0.0723. The first-order valence-electron chi connectivity index (χ1n) is 9.17. The van der Waals surface area contributed by atoms with Crippen LogP contribution in [0.1, 0.15) is 25.7 Å². The first-order valence-corrected chi connectivity index (χ1v) is 9.17. The molecule has 27 heavy (non-hydrogen) atoms. The molecule has 0 atom stereocenters. The highest BCUT2D eigenvalue weighted by molar-refractivity contribution is 6.39. The number of carbonyl (C=O) groups excluding carboxylic acids is 2. The topological polar surface area (TPSA) is 88.4 Å². The molecule has 0 spiro atoms. The second kappa shape index (κ2) is 7.19. The lowest BCUT2D eigenvalue weighted by atomic mass is 9.96. The highest BCUT2D eigenvalue weighted by atomic mass is 16.2. The van der Waals surface area contributed by atoms with Crippen molar-refractivity contribution < 1.29 is 9.59 Å². The molecule has 0 unspecified atom stereocenters. The van der Waals surface area contributed by atoms with E-state index in [4.69, 9.17) is 0 Å². The number of fused-ring (bicyclic) bond motifs is 1. The van der Waals surface area contributed by atoms with Gasteiger partial charge in [-0.3, -0.25) is 18.7 Å². The third kappa shape index (κ3) is 3.49. The van der Waals surface area contributed by atoms with Gasteiger partial charge in [-0.1, -0.05) is 12.8 Å². The number of aromatic nitrogens is 2. The SMILES string of the molecule is CN(C)C1(CNC(=O)C(=O)Nc2ccc3c(c2)n(C)c(=O)n3C)CCCC1. The third-order valence-corrected chi connectivity index (χ3v) is 5.80. The first kappa shape index (κ1) is 19.2. The molecule has 3 rings (SSSR count). The molecule has 1 aliphatic rings. The average molecular weight is 373 g/mol. The zero-order valence-corrected chi connectivity index (χ0v) is 16.3. The predicted octanol–water partition coefficient (Wildman–Crippen LogP) is 0.806. The molecule has 1 aromatic carbocycles. The number of aryl methyl sites for hydroxylation is 2. The molecule has 0 aliphatic heterocycles. The molecule has 0 saturated heterocycles. The molecule has 0 radical (unpaired) electrons. The van der Waals surface area contributed by atoms with Crippen LogP contribution in [0.15, 0.2) is 23.0 Å². The van der Waals surface area contributed by atoms with Gasteiger partial charge in [0.2, 0.25) is 0 Å². The molecule has 1 fully saturated rings. The van der Waals surface area contributed by atoms with E-state index in [1.54, 1.807) is 32.3 Å². The molecule has 2 aromatic rings. The van der Waals surface area contributed by atoms with E-state index >= 15 is 0 Å². The number of carbonyl (C=O) groups is 2. The maximum Gasteiger partial charge on any atom is 0.328 e. The van der Waals surface area contributed by atoms with Crippen molar-refractivity contribution in [3.8, 4) is 0 Å². The second-order valence-corrected chi connectivity index (χ2v) is 7.57. The quantitative estimate of drug-likeness (QED) is 0.776. The van der Waals surface area contributed by atoms with E-state index in [-0.39, 0.29) is 11.2 Å². The monoisotopic (exact) mass is 373 g/mol. The van der Waals surface area contributed by atoms with Gasteiger partial charge in [0.05, 0.1) is 11.0 Å². The van der Waals surface area contributed by atoms with Crippen molar-refractivity contribution in [1.82, 2.24) is 19.4 Å². The highest BCUT2D eigenvalue weighted by Gasteiger charge is 2.36. The zero-order chi connectivity index (χ0) is 19.8. The Bertz CT molecular complexity index is 935. The number of rotatable bonds is 4. The highest BCUT2D eigenvalue weighted by Crippen LogP contribution is 2.33. The Kier molecular flexibility index (Phi) is 5.10. The van der Waals surface area contributed by atoms with E-state index in [1.807, 2.05) is 14.1 Å². The normalized spacial score (nSPS) is 16.0. The Morgan fingerprint density at radius 3 is 2.33 bits per heavy atom.